The molecule has 1 aromatic carbocycles. The van der Waals surface area contributed by atoms with E-state index in [4.69, 9.17) is 0 Å². The highest BCUT2D eigenvalue weighted by Crippen LogP contribution is 2.30. The molecule has 0 saturated carbocycles. The Morgan fingerprint density at radius 1 is 1.59 bits per heavy atom. The lowest BCUT2D eigenvalue weighted by molar-refractivity contribution is -0.384. The predicted octanol–water partition coefficient (Wildman–Crippen LogP) is 2.36. The third-order valence-electron chi connectivity index (χ3n) is 2.96. The summed E-state index contributed by atoms with van der Waals surface area (Å²) in [6.45, 7) is 3.85. The molecule has 1 atom stereocenters. The molecule has 6 heteroatoms. The summed E-state index contributed by atoms with van der Waals surface area (Å²) >= 11 is 2.08. The van der Waals surface area contributed by atoms with Crippen LogP contribution in [0.4, 0.5) is 11.4 Å². The quantitative estimate of drug-likeness (QED) is 0.501. The van der Waals surface area contributed by atoms with E-state index in [0.717, 1.165) is 23.1 Å². The van der Waals surface area contributed by atoms with E-state index in [2.05, 4.69) is 40.1 Å². The third-order valence-corrected chi connectivity index (χ3v) is 3.63. The minimum Gasteiger partial charge on any atom is -0.373 e. The minimum absolute atomic E-state index is 0.0997. The van der Waals surface area contributed by atoms with Crippen LogP contribution in [0.5, 0.6) is 0 Å². The molecular weight excluding hydrogens is 333 g/mol. The number of nitrogens with zero attached hydrogens (tertiary/aromatic N) is 1. The molecule has 1 aliphatic rings. The summed E-state index contributed by atoms with van der Waals surface area (Å²) in [4.78, 5) is 10.7. The number of benzene rings is 1. The van der Waals surface area contributed by atoms with Gasteiger partial charge in [0.2, 0.25) is 0 Å². The summed E-state index contributed by atoms with van der Waals surface area (Å²) in [5, 5.41) is 17.5. The average molecular weight is 347 g/mol. The second kappa shape index (κ2) is 4.77. The van der Waals surface area contributed by atoms with Gasteiger partial charge < -0.3 is 10.6 Å². The minimum atomic E-state index is -0.337. The highest BCUT2D eigenvalue weighted by Gasteiger charge is 2.30. The molecule has 2 N–H and O–H groups in total. The van der Waals surface area contributed by atoms with Crippen molar-refractivity contribution in [3.8, 4) is 0 Å². The SMILES string of the molecule is CC1(Nc2ccc(I)cc2[N+](=O)[O-])CCNC1. The summed E-state index contributed by atoms with van der Waals surface area (Å²) in [5.41, 5.74) is 0.643. The number of hydrogen-bond acceptors (Lipinski definition) is 4. The van der Waals surface area contributed by atoms with Gasteiger partial charge in [-0.05, 0) is 54.6 Å². The van der Waals surface area contributed by atoms with E-state index in [1.54, 1.807) is 12.1 Å². The Hall–Kier alpha value is -0.890. The van der Waals surface area contributed by atoms with Gasteiger partial charge in [-0.2, -0.15) is 0 Å². The number of nitro benzene ring substituents is 1. The van der Waals surface area contributed by atoms with Crippen molar-refractivity contribution in [2.24, 2.45) is 0 Å². The Morgan fingerprint density at radius 2 is 2.35 bits per heavy atom. The Balaban J connectivity index is 2.28. The molecule has 1 unspecified atom stereocenters. The molecule has 1 heterocycles. The second-order valence-electron chi connectivity index (χ2n) is 4.53. The molecule has 1 fully saturated rings. The first kappa shape index (κ1) is 12.6. The van der Waals surface area contributed by atoms with E-state index in [1.165, 1.54) is 0 Å². The molecule has 0 radical (unpaired) electrons. The second-order valence-corrected chi connectivity index (χ2v) is 5.78. The molecule has 1 aromatic rings. The van der Waals surface area contributed by atoms with Crippen LogP contribution in [0.25, 0.3) is 0 Å². The van der Waals surface area contributed by atoms with Gasteiger partial charge in [0.1, 0.15) is 5.69 Å². The Bertz CT molecular complexity index is 444. The Labute approximate surface area is 113 Å². The Kier molecular flexibility index (Phi) is 3.53. The first-order valence-electron chi connectivity index (χ1n) is 5.43. The number of nitro groups is 1. The van der Waals surface area contributed by atoms with Crippen LogP contribution in [0.2, 0.25) is 0 Å². The standard InChI is InChI=1S/C11H14IN3O2/c1-11(4-5-13-7-11)14-9-3-2-8(12)6-10(9)15(16)17/h2-3,6,13-14H,4-5,7H2,1H3. The van der Waals surface area contributed by atoms with Crippen molar-refractivity contribution in [1.82, 2.24) is 5.32 Å². The van der Waals surface area contributed by atoms with Crippen molar-refractivity contribution < 1.29 is 4.92 Å². The maximum absolute atomic E-state index is 11.0. The molecule has 0 aliphatic carbocycles. The highest BCUT2D eigenvalue weighted by atomic mass is 127. The van der Waals surface area contributed by atoms with E-state index < -0.39 is 0 Å². The molecule has 2 rings (SSSR count). The maximum atomic E-state index is 11.0. The van der Waals surface area contributed by atoms with Crippen LogP contribution in [0, 0.1) is 13.7 Å². The van der Waals surface area contributed by atoms with Crippen LogP contribution in [0.15, 0.2) is 18.2 Å². The summed E-state index contributed by atoms with van der Waals surface area (Å²) in [7, 11) is 0. The van der Waals surface area contributed by atoms with E-state index in [-0.39, 0.29) is 16.1 Å². The number of anilines is 1. The Morgan fingerprint density at radius 3 is 2.94 bits per heavy atom. The van der Waals surface area contributed by atoms with Crippen LogP contribution >= 0.6 is 22.6 Å². The van der Waals surface area contributed by atoms with Crippen LogP contribution < -0.4 is 10.6 Å². The van der Waals surface area contributed by atoms with Gasteiger partial charge in [-0.1, -0.05) is 0 Å². The fourth-order valence-electron chi connectivity index (χ4n) is 2.01. The van der Waals surface area contributed by atoms with Crippen LogP contribution in [0.1, 0.15) is 13.3 Å². The molecule has 5 nitrogen and oxygen atoms in total. The summed E-state index contributed by atoms with van der Waals surface area (Å²) in [6, 6.07) is 5.25. The maximum Gasteiger partial charge on any atom is 0.293 e. The van der Waals surface area contributed by atoms with Crippen molar-refractivity contribution in [1.29, 1.82) is 0 Å². The highest BCUT2D eigenvalue weighted by molar-refractivity contribution is 14.1. The van der Waals surface area contributed by atoms with Gasteiger partial charge in [0.25, 0.3) is 5.69 Å². The van der Waals surface area contributed by atoms with Gasteiger partial charge in [-0.3, -0.25) is 10.1 Å². The summed E-state index contributed by atoms with van der Waals surface area (Å²) in [6.07, 6.45) is 0.968. The predicted molar refractivity (Wildman–Crippen MR) is 75.3 cm³/mol. The molecule has 0 bridgehead atoms. The lowest BCUT2D eigenvalue weighted by Gasteiger charge is -2.25. The number of halogens is 1. The molecular formula is C11H14IN3O2. The van der Waals surface area contributed by atoms with Gasteiger partial charge in [-0.25, -0.2) is 0 Å². The first-order valence-corrected chi connectivity index (χ1v) is 6.51. The van der Waals surface area contributed by atoms with E-state index in [0.29, 0.717) is 5.69 Å². The van der Waals surface area contributed by atoms with Crippen LogP contribution in [-0.4, -0.2) is 23.6 Å². The van der Waals surface area contributed by atoms with Crippen LogP contribution in [0.3, 0.4) is 0 Å². The van der Waals surface area contributed by atoms with Gasteiger partial charge in [0.15, 0.2) is 0 Å². The third kappa shape index (κ3) is 2.86. The zero-order chi connectivity index (χ0) is 12.5. The van der Waals surface area contributed by atoms with E-state index in [9.17, 15) is 10.1 Å². The van der Waals surface area contributed by atoms with Crippen molar-refractivity contribution >= 4 is 34.0 Å². The van der Waals surface area contributed by atoms with Crippen molar-refractivity contribution in [3.05, 3.63) is 31.9 Å². The van der Waals surface area contributed by atoms with Crippen molar-refractivity contribution in [3.63, 3.8) is 0 Å². The van der Waals surface area contributed by atoms with Gasteiger partial charge >= 0.3 is 0 Å². The summed E-state index contributed by atoms with van der Waals surface area (Å²) < 4.78 is 0.870. The zero-order valence-corrected chi connectivity index (χ0v) is 11.7. The summed E-state index contributed by atoms with van der Waals surface area (Å²) in [5.74, 6) is 0. The smallest absolute Gasteiger partial charge is 0.293 e. The monoisotopic (exact) mass is 347 g/mol. The molecule has 0 amide bonds. The van der Waals surface area contributed by atoms with Crippen LogP contribution in [-0.2, 0) is 0 Å². The first-order chi connectivity index (χ1) is 8.00. The molecule has 92 valence electrons. The number of nitrogens with one attached hydrogen (secondary N) is 2. The molecule has 1 saturated heterocycles. The lowest BCUT2D eigenvalue weighted by atomic mass is 10.0. The average Bonchev–Trinajstić information content (AvgIpc) is 2.67. The molecule has 0 aromatic heterocycles. The van der Waals surface area contributed by atoms with Crippen molar-refractivity contribution in [2.45, 2.75) is 18.9 Å². The van der Waals surface area contributed by atoms with Gasteiger partial charge in [0.05, 0.1) is 4.92 Å². The zero-order valence-electron chi connectivity index (χ0n) is 9.50. The van der Waals surface area contributed by atoms with E-state index >= 15 is 0 Å². The fraction of sp³-hybridized carbons (Fsp3) is 0.455. The number of hydrogen-bond donors (Lipinski definition) is 2. The molecule has 0 spiro atoms. The largest absolute Gasteiger partial charge is 0.373 e. The van der Waals surface area contributed by atoms with Gasteiger partial charge in [0, 0.05) is 21.7 Å². The molecule has 17 heavy (non-hydrogen) atoms. The molecule has 1 aliphatic heterocycles. The topological polar surface area (TPSA) is 67.2 Å². The normalized spacial score (nSPS) is 23.6. The fourth-order valence-corrected chi connectivity index (χ4v) is 2.49. The van der Waals surface area contributed by atoms with Gasteiger partial charge in [-0.15, -0.1) is 0 Å². The van der Waals surface area contributed by atoms with E-state index in [1.807, 2.05) is 6.07 Å². The lowest BCUT2D eigenvalue weighted by Crippen LogP contribution is -2.37. The number of rotatable bonds is 3. The van der Waals surface area contributed by atoms with Crippen molar-refractivity contribution in [2.75, 3.05) is 18.4 Å².